The molecule has 5 heterocycles. The Morgan fingerprint density at radius 3 is 2.60 bits per heavy atom. The number of carbonyl (C=O) groups is 2. The molecule has 0 aliphatic carbocycles. The second kappa shape index (κ2) is 8.77. The predicted molar refractivity (Wildman–Crippen MR) is 154 cm³/mol. The van der Waals surface area contributed by atoms with E-state index < -0.39 is 28.7 Å². The molecule has 2 bridgehead atoms. The lowest BCUT2D eigenvalue weighted by Crippen LogP contribution is -2.74. The van der Waals surface area contributed by atoms with Crippen LogP contribution in [-0.4, -0.2) is 48.8 Å². The van der Waals surface area contributed by atoms with Gasteiger partial charge in [0.1, 0.15) is 11.8 Å². The number of azide groups is 1. The van der Waals surface area contributed by atoms with Crippen LogP contribution in [0.4, 0.5) is 16.2 Å². The predicted octanol–water partition coefficient (Wildman–Crippen LogP) is 6.35. The molecule has 0 aromatic heterocycles. The first-order valence-corrected chi connectivity index (χ1v) is 13.9. The van der Waals surface area contributed by atoms with Gasteiger partial charge in [-0.3, -0.25) is 9.69 Å². The first-order chi connectivity index (χ1) is 19.0. The van der Waals surface area contributed by atoms with Crippen LogP contribution >= 0.6 is 0 Å². The van der Waals surface area contributed by atoms with E-state index in [0.29, 0.717) is 25.1 Å². The lowest BCUT2D eigenvalue weighted by Gasteiger charge is -2.61. The average Bonchev–Trinajstić information content (AvgIpc) is 3.01. The highest BCUT2D eigenvalue weighted by molar-refractivity contribution is 6.03. The molecule has 9 nitrogen and oxygen atoms in total. The van der Waals surface area contributed by atoms with Crippen LogP contribution in [0.3, 0.4) is 0 Å². The number of piperidine rings is 1. The first-order valence-electron chi connectivity index (χ1n) is 13.9. The van der Waals surface area contributed by atoms with Gasteiger partial charge in [0.15, 0.2) is 0 Å². The van der Waals surface area contributed by atoms with Crippen LogP contribution in [0.1, 0.15) is 70.2 Å². The Kier molecular flexibility index (Phi) is 5.75. The maximum Gasteiger partial charge on any atom is 0.416 e. The van der Waals surface area contributed by atoms with Crippen molar-refractivity contribution < 1.29 is 14.3 Å². The first kappa shape index (κ1) is 26.3. The smallest absolute Gasteiger partial charge is 0.416 e. The summed E-state index contributed by atoms with van der Waals surface area (Å²) in [5.74, 6) is 0.0214. The van der Waals surface area contributed by atoms with Crippen molar-refractivity contribution in [3.63, 3.8) is 0 Å². The van der Waals surface area contributed by atoms with E-state index in [4.69, 9.17) is 4.74 Å². The van der Waals surface area contributed by atoms with Gasteiger partial charge in [-0.15, -0.1) is 0 Å². The third-order valence-electron chi connectivity index (χ3n) is 9.10. The van der Waals surface area contributed by atoms with Crippen LogP contribution < -0.4 is 9.80 Å². The molecule has 2 aromatic carbocycles. The number of fused-ring (bicyclic) bond motifs is 2. The number of para-hydroxylation sites is 1. The summed E-state index contributed by atoms with van der Waals surface area (Å²) < 4.78 is 6.03. The van der Waals surface area contributed by atoms with Gasteiger partial charge in [-0.25, -0.2) is 4.79 Å². The molecule has 0 N–H and O–H groups in total. The van der Waals surface area contributed by atoms with Crippen molar-refractivity contribution in [3.8, 4) is 0 Å². The van der Waals surface area contributed by atoms with Gasteiger partial charge in [-0.2, -0.15) is 0 Å². The summed E-state index contributed by atoms with van der Waals surface area (Å²) in [5, 5.41) is 3.94. The van der Waals surface area contributed by atoms with Crippen LogP contribution in [0.25, 0.3) is 10.4 Å². The summed E-state index contributed by atoms with van der Waals surface area (Å²) >= 11 is 0. The van der Waals surface area contributed by atoms with E-state index in [1.165, 1.54) is 0 Å². The Hall–Kier alpha value is -3.97. The molecule has 1 fully saturated rings. The highest BCUT2D eigenvalue weighted by Crippen LogP contribution is 2.69. The fourth-order valence-corrected chi connectivity index (χ4v) is 8.00. The molecule has 4 atom stereocenters. The van der Waals surface area contributed by atoms with E-state index in [-0.39, 0.29) is 18.5 Å². The van der Waals surface area contributed by atoms with Crippen molar-refractivity contribution in [1.29, 1.82) is 0 Å². The van der Waals surface area contributed by atoms with Crippen molar-refractivity contribution in [2.45, 2.75) is 76.1 Å². The zero-order chi connectivity index (χ0) is 28.6. The number of likely N-dealkylation sites (N-methyl/N-ethyl adjacent to an activating group) is 1. The molecular weight excluding hydrogens is 504 g/mol. The second-order valence-electron chi connectivity index (χ2n) is 12.6. The van der Waals surface area contributed by atoms with E-state index in [9.17, 15) is 10.3 Å². The fourth-order valence-electron chi connectivity index (χ4n) is 8.00. The van der Waals surface area contributed by atoms with Crippen molar-refractivity contribution in [3.05, 3.63) is 81.2 Å². The SMILES string of the molecule is CC(C)=C[C@@H]1c2cccc3c2[C@]24CCN1C(=O)[C@]2(CCN=[N+]=[N-])c1ccccc1N(C(=O)OC(C)(C)C)[C@@H]4N3C. The third kappa shape index (κ3) is 3.24. The molecule has 5 aliphatic rings. The van der Waals surface area contributed by atoms with E-state index in [1.54, 1.807) is 4.90 Å². The summed E-state index contributed by atoms with van der Waals surface area (Å²) in [5.41, 5.74) is 12.5. The highest BCUT2D eigenvalue weighted by Gasteiger charge is 2.75. The van der Waals surface area contributed by atoms with Crippen molar-refractivity contribution in [2.75, 3.05) is 29.9 Å². The molecule has 0 unspecified atom stereocenters. The Balaban J connectivity index is 1.75. The Labute approximate surface area is 235 Å². The van der Waals surface area contributed by atoms with Gasteiger partial charge in [-0.05, 0) is 81.8 Å². The standard InChI is InChI=1S/C31H36N6O3/c1-19(2)18-24-20-10-9-13-23-25(20)31-15-17-36(24)27(38)30(31,14-16-33-34-32)21-11-7-8-12-22(21)37(26(31)35(23)6)28(39)40-29(3,4)5/h7-13,18,24,26H,14-17H2,1-6H3/t24-,26+,30+,31+/m1/s1. The molecule has 2 aromatic rings. The summed E-state index contributed by atoms with van der Waals surface area (Å²) in [4.78, 5) is 38.3. The molecular formula is C31H36N6O3. The fraction of sp³-hybridized carbons (Fsp3) is 0.484. The molecule has 1 spiro atoms. The monoisotopic (exact) mass is 540 g/mol. The van der Waals surface area contributed by atoms with Crippen LogP contribution in [0.5, 0.6) is 0 Å². The average molecular weight is 541 g/mol. The van der Waals surface area contributed by atoms with Gasteiger partial charge in [0.2, 0.25) is 5.91 Å². The van der Waals surface area contributed by atoms with E-state index in [2.05, 4.69) is 47.0 Å². The number of hydrogen-bond donors (Lipinski definition) is 0. The number of rotatable bonds is 4. The number of allylic oxidation sites excluding steroid dienone is 1. The molecule has 208 valence electrons. The zero-order valence-electron chi connectivity index (χ0n) is 24.0. The minimum Gasteiger partial charge on any atom is -0.443 e. The van der Waals surface area contributed by atoms with Gasteiger partial charge in [-0.1, -0.05) is 47.1 Å². The van der Waals surface area contributed by atoms with Gasteiger partial charge in [0.25, 0.3) is 0 Å². The number of hydrogen-bond acceptors (Lipinski definition) is 5. The molecule has 2 amide bonds. The number of amides is 2. The molecule has 7 rings (SSSR count). The quantitative estimate of drug-likeness (QED) is 0.195. The Morgan fingerprint density at radius 2 is 1.90 bits per heavy atom. The number of nitrogens with zero attached hydrogens (tertiary/aromatic N) is 6. The largest absolute Gasteiger partial charge is 0.443 e. The lowest BCUT2D eigenvalue weighted by atomic mass is 9.49. The number of benzene rings is 2. The molecule has 9 heteroatoms. The lowest BCUT2D eigenvalue weighted by molar-refractivity contribution is -0.148. The topological polar surface area (TPSA) is 102 Å². The van der Waals surface area contributed by atoms with Crippen LogP contribution in [0, 0.1) is 0 Å². The molecule has 5 aliphatic heterocycles. The van der Waals surface area contributed by atoms with Crippen molar-refractivity contribution in [2.24, 2.45) is 5.11 Å². The summed E-state index contributed by atoms with van der Waals surface area (Å²) in [6.07, 6.45) is 2.23. The molecule has 40 heavy (non-hydrogen) atoms. The third-order valence-corrected chi connectivity index (χ3v) is 9.10. The summed E-state index contributed by atoms with van der Waals surface area (Å²) in [6, 6.07) is 13.8. The van der Waals surface area contributed by atoms with Crippen LogP contribution in [0.15, 0.2) is 59.2 Å². The number of anilines is 2. The van der Waals surface area contributed by atoms with Crippen molar-refractivity contribution in [1.82, 2.24) is 4.90 Å². The zero-order valence-corrected chi connectivity index (χ0v) is 24.0. The number of carbonyl (C=O) groups excluding carboxylic acids is 2. The Bertz CT molecular complexity index is 1500. The van der Waals surface area contributed by atoms with E-state index in [1.807, 2.05) is 63.1 Å². The van der Waals surface area contributed by atoms with Crippen LogP contribution in [0.2, 0.25) is 0 Å². The van der Waals surface area contributed by atoms with Gasteiger partial charge < -0.3 is 14.5 Å². The molecule has 0 saturated carbocycles. The summed E-state index contributed by atoms with van der Waals surface area (Å²) in [7, 11) is 2.01. The van der Waals surface area contributed by atoms with Crippen LogP contribution in [-0.2, 0) is 20.4 Å². The van der Waals surface area contributed by atoms with E-state index >= 15 is 4.79 Å². The van der Waals surface area contributed by atoms with Gasteiger partial charge in [0, 0.05) is 30.7 Å². The maximum absolute atomic E-state index is 15.2. The number of ether oxygens (including phenoxy) is 1. The van der Waals surface area contributed by atoms with Crippen molar-refractivity contribution >= 4 is 23.4 Å². The maximum atomic E-state index is 15.2. The minimum absolute atomic E-state index is 0.0214. The normalized spacial score (nSPS) is 27.4. The van der Waals surface area contributed by atoms with Gasteiger partial charge >= 0.3 is 6.09 Å². The Morgan fingerprint density at radius 1 is 1.18 bits per heavy atom. The minimum atomic E-state index is -1.04. The van der Waals surface area contributed by atoms with E-state index in [0.717, 1.165) is 28.0 Å². The molecule has 1 saturated heterocycles. The highest BCUT2D eigenvalue weighted by atomic mass is 16.6. The molecule has 0 radical (unpaired) electrons. The summed E-state index contributed by atoms with van der Waals surface area (Å²) in [6.45, 7) is 10.4. The second-order valence-corrected chi connectivity index (χ2v) is 12.6. The van der Waals surface area contributed by atoms with Gasteiger partial charge in [0.05, 0.1) is 22.6 Å².